The van der Waals surface area contributed by atoms with Crippen LogP contribution in [0.5, 0.6) is 11.5 Å². The fourth-order valence-electron chi connectivity index (χ4n) is 16.1. The molecule has 6 aliphatic heterocycles. The number of hydrogen-bond acceptors (Lipinski definition) is 8. The molecule has 0 amide bonds. The van der Waals surface area contributed by atoms with Crippen molar-refractivity contribution >= 4 is 177 Å². The summed E-state index contributed by atoms with van der Waals surface area (Å²) in [5.41, 5.74) is 27.1. The molecule has 0 unspecified atom stereocenters. The van der Waals surface area contributed by atoms with E-state index in [1.807, 2.05) is 6.07 Å². The Labute approximate surface area is 520 Å². The second-order valence-corrected chi connectivity index (χ2v) is 24.2. The molecule has 0 saturated carbocycles. The highest BCUT2D eigenvalue weighted by Crippen LogP contribution is 2.51. The molecule has 0 radical (unpaired) electrons. The first-order valence-electron chi connectivity index (χ1n) is 30.9. The molecule has 0 saturated heterocycles. The molecule has 0 N–H and O–H groups in total. The molecule has 20 rings (SSSR count). The van der Waals surface area contributed by atoms with Gasteiger partial charge in [-0.05, 0) is 158 Å². The number of para-hydroxylation sites is 9. The highest BCUT2D eigenvalue weighted by Gasteiger charge is 2.52. The first kappa shape index (κ1) is 49.4. The van der Waals surface area contributed by atoms with Crippen LogP contribution in [-0.2, 0) is 0 Å². The van der Waals surface area contributed by atoms with Crippen molar-refractivity contribution in [1.29, 1.82) is 0 Å². The Balaban J connectivity index is 0.832. The number of benzene rings is 13. The minimum atomic E-state index is -0.284. The predicted octanol–water partition coefficient (Wildman–Crippen LogP) is 13.5. The topological polar surface area (TPSA) is 55.6 Å². The lowest BCUT2D eigenvalue weighted by Gasteiger charge is -2.51. The monoisotopic (exact) mass is 1150 g/mol. The minimum Gasteiger partial charge on any atom is -0.458 e. The fraction of sp³-hybridized carbons (Fsp3) is 0. The maximum absolute atomic E-state index is 16.2. The maximum atomic E-state index is 16.2. The van der Waals surface area contributed by atoms with Gasteiger partial charge >= 0.3 is 0 Å². The molecule has 1 aromatic heterocycles. The van der Waals surface area contributed by atoms with Gasteiger partial charge in [0.2, 0.25) is 0 Å². The van der Waals surface area contributed by atoms with Gasteiger partial charge in [0.15, 0.2) is 5.43 Å². The van der Waals surface area contributed by atoms with E-state index in [1.54, 1.807) is 0 Å². The SMILES string of the molecule is O=c1c2cc3c(cc2oc2cc4c(cc12)B1c2ccccc2N2c5ccccc5B5c6ccccc6N(c6ccccc6)c6cc(c1c2c65)N4c1ccccc1)Oc1cc(N(c2ccccc2)c2ccccc2)cc2c1B3c1ccccc1N2c1ccccc1. The molecule has 7 heterocycles. The zero-order chi connectivity index (χ0) is 58.9. The van der Waals surface area contributed by atoms with E-state index in [-0.39, 0.29) is 25.6 Å². The van der Waals surface area contributed by atoms with Crippen LogP contribution in [0.2, 0.25) is 0 Å². The molecule has 416 valence electrons. The zero-order valence-corrected chi connectivity index (χ0v) is 48.4. The van der Waals surface area contributed by atoms with Gasteiger partial charge in [-0.15, -0.1) is 0 Å². The van der Waals surface area contributed by atoms with Crippen molar-refractivity contribution in [2.45, 2.75) is 0 Å². The van der Waals surface area contributed by atoms with E-state index in [2.05, 4.69) is 310 Å². The Morgan fingerprint density at radius 3 is 1.18 bits per heavy atom. The smallest absolute Gasteiger partial charge is 0.256 e. The molecule has 0 atom stereocenters. The normalized spacial score (nSPS) is 13.8. The van der Waals surface area contributed by atoms with Crippen molar-refractivity contribution in [2.24, 2.45) is 0 Å². The summed E-state index contributed by atoms with van der Waals surface area (Å²) in [6.45, 7) is -0.585. The van der Waals surface area contributed by atoms with Crippen LogP contribution in [0.25, 0.3) is 21.9 Å². The van der Waals surface area contributed by atoms with E-state index in [4.69, 9.17) is 9.15 Å². The third-order valence-electron chi connectivity index (χ3n) is 19.6. The number of ether oxygens (including phenoxy) is 1. The quantitative estimate of drug-likeness (QED) is 0.121. The van der Waals surface area contributed by atoms with Crippen LogP contribution in [0.15, 0.2) is 300 Å². The summed E-state index contributed by atoms with van der Waals surface area (Å²) in [7, 11) is 0. The summed E-state index contributed by atoms with van der Waals surface area (Å²) in [6.07, 6.45) is 0. The van der Waals surface area contributed by atoms with E-state index in [9.17, 15) is 0 Å². The number of anilines is 15. The first-order valence-corrected chi connectivity index (χ1v) is 30.9. The number of fused-ring (bicyclic) bond motifs is 16. The van der Waals surface area contributed by atoms with Crippen LogP contribution in [0.1, 0.15) is 0 Å². The highest BCUT2D eigenvalue weighted by atomic mass is 16.5. The zero-order valence-electron chi connectivity index (χ0n) is 48.4. The number of rotatable bonds is 6. The average Bonchev–Trinajstić information content (AvgIpc) is 0.675. The van der Waals surface area contributed by atoms with Crippen molar-refractivity contribution in [3.63, 3.8) is 0 Å². The maximum Gasteiger partial charge on any atom is 0.256 e. The molecule has 8 nitrogen and oxygen atoms in total. The average molecular weight is 1150 g/mol. The van der Waals surface area contributed by atoms with Gasteiger partial charge in [-0.25, -0.2) is 0 Å². The Morgan fingerprint density at radius 2 is 0.678 bits per heavy atom. The molecule has 90 heavy (non-hydrogen) atoms. The summed E-state index contributed by atoms with van der Waals surface area (Å²) >= 11 is 0. The third kappa shape index (κ3) is 6.80. The van der Waals surface area contributed by atoms with Crippen LogP contribution in [0.4, 0.5) is 85.3 Å². The van der Waals surface area contributed by atoms with Crippen molar-refractivity contribution in [2.75, 3.05) is 24.5 Å². The molecule has 0 bridgehead atoms. The molecular weight excluding hydrogens is 1100 g/mol. The number of hydrogen-bond donors (Lipinski definition) is 0. The molecular formula is C79H48B3N5O3. The summed E-state index contributed by atoms with van der Waals surface area (Å²) in [5, 5.41) is 1.03. The predicted molar refractivity (Wildman–Crippen MR) is 374 cm³/mol. The Bertz CT molecular complexity index is 5390. The standard InChI is InChI=1S/C79H48B3N5O3/c88-79-55-44-61-67(86(53-32-14-5-15-33-53)70-46-69-76-78-77(70)81(61)60-37-19-23-41-66(60)87(78)65-40-22-18-36-59(65)80(76)57-34-16-20-38-63(57)85(69)52-30-12-4-13-31-52)47-71(55)89-72-48-73-62(45-56(72)79)82-58-35-17-21-39-64(58)84(51-28-10-3-11-29-51)68-42-54(43-74(90-73)75(68)82)83(49-24-6-1-7-25-49)50-26-8-2-9-27-50/h1-48H. The van der Waals surface area contributed by atoms with Crippen molar-refractivity contribution in [3.05, 3.63) is 301 Å². The summed E-state index contributed by atoms with van der Waals surface area (Å²) in [5.74, 6) is 1.38. The largest absolute Gasteiger partial charge is 0.458 e. The Kier molecular flexibility index (Phi) is 10.3. The van der Waals surface area contributed by atoms with Gasteiger partial charge in [-0.3, -0.25) is 4.79 Å². The first-order chi connectivity index (χ1) is 44.6. The van der Waals surface area contributed by atoms with Crippen molar-refractivity contribution in [1.82, 2.24) is 0 Å². The Hall–Kier alpha value is -11.7. The van der Waals surface area contributed by atoms with Gasteiger partial charge in [0, 0.05) is 97.8 Å². The Morgan fingerprint density at radius 1 is 0.289 bits per heavy atom. The van der Waals surface area contributed by atoms with E-state index in [1.165, 1.54) is 38.7 Å². The lowest BCUT2D eigenvalue weighted by molar-refractivity contribution is 0.487. The van der Waals surface area contributed by atoms with E-state index in [0.29, 0.717) is 27.7 Å². The number of nitrogens with zero attached hydrogens (tertiary/aromatic N) is 5. The van der Waals surface area contributed by atoms with Crippen molar-refractivity contribution < 1.29 is 9.15 Å². The lowest BCUT2D eigenvalue weighted by Crippen LogP contribution is -2.68. The molecule has 0 aliphatic carbocycles. The highest BCUT2D eigenvalue weighted by molar-refractivity contribution is 7.05. The third-order valence-corrected chi connectivity index (χ3v) is 19.6. The second kappa shape index (κ2) is 18.7. The van der Waals surface area contributed by atoms with Gasteiger partial charge in [-0.1, -0.05) is 164 Å². The summed E-state index contributed by atoms with van der Waals surface area (Å²) in [6, 6.07) is 104. The molecule has 0 spiro atoms. The molecule has 11 heteroatoms. The van der Waals surface area contributed by atoms with Crippen molar-refractivity contribution in [3.8, 4) is 11.5 Å². The molecule has 6 aliphatic rings. The molecule has 13 aromatic carbocycles. The summed E-state index contributed by atoms with van der Waals surface area (Å²) in [4.78, 5) is 28.2. The second-order valence-electron chi connectivity index (χ2n) is 24.2. The minimum absolute atomic E-state index is 0.0489. The van der Waals surface area contributed by atoms with E-state index in [0.717, 1.165) is 102 Å². The van der Waals surface area contributed by atoms with Gasteiger partial charge in [0.05, 0.1) is 16.5 Å². The molecule has 0 fully saturated rings. The van der Waals surface area contributed by atoms with Crippen LogP contribution >= 0.6 is 0 Å². The van der Waals surface area contributed by atoms with E-state index < -0.39 is 0 Å². The molecule has 14 aromatic rings. The van der Waals surface area contributed by atoms with E-state index >= 15 is 4.79 Å². The van der Waals surface area contributed by atoms with Gasteiger partial charge in [-0.2, -0.15) is 0 Å². The van der Waals surface area contributed by atoms with Crippen LogP contribution in [0.3, 0.4) is 0 Å². The van der Waals surface area contributed by atoms with Gasteiger partial charge in [0.1, 0.15) is 22.7 Å². The van der Waals surface area contributed by atoms with Gasteiger partial charge < -0.3 is 33.7 Å². The van der Waals surface area contributed by atoms with Crippen LogP contribution < -0.4 is 83.8 Å². The van der Waals surface area contributed by atoms with Crippen LogP contribution in [-0.4, -0.2) is 20.1 Å². The van der Waals surface area contributed by atoms with Crippen LogP contribution in [0, 0.1) is 0 Å². The summed E-state index contributed by atoms with van der Waals surface area (Å²) < 4.78 is 14.6. The fourth-order valence-corrected chi connectivity index (χ4v) is 16.1. The lowest BCUT2D eigenvalue weighted by atomic mass is 9.28. The van der Waals surface area contributed by atoms with Gasteiger partial charge in [0.25, 0.3) is 20.1 Å².